The highest BCUT2D eigenvalue weighted by Gasteiger charge is 2.33. The predicted octanol–water partition coefficient (Wildman–Crippen LogP) is 1.51. The molecule has 1 aromatic heterocycles. The minimum Gasteiger partial charge on any atom is -0.394 e. The Morgan fingerprint density at radius 3 is 2.59 bits per heavy atom. The van der Waals surface area contributed by atoms with Crippen LogP contribution >= 0.6 is 0 Å². The summed E-state index contributed by atoms with van der Waals surface area (Å²) in [5, 5.41) is 9.65. The second-order valence-corrected chi connectivity index (χ2v) is 6.81. The summed E-state index contributed by atoms with van der Waals surface area (Å²) < 4.78 is 10.7. The zero-order valence-electron chi connectivity index (χ0n) is 14.2. The lowest BCUT2D eigenvalue weighted by molar-refractivity contribution is 0.115. The van der Waals surface area contributed by atoms with Gasteiger partial charge in [-0.3, -0.25) is 0 Å². The van der Waals surface area contributed by atoms with Gasteiger partial charge in [0, 0.05) is 32.2 Å². The van der Waals surface area contributed by atoms with Gasteiger partial charge >= 0.3 is 0 Å². The maximum absolute atomic E-state index is 9.65. The Morgan fingerprint density at radius 2 is 2.05 bits per heavy atom. The zero-order chi connectivity index (χ0) is 16.3. The summed E-state index contributed by atoms with van der Waals surface area (Å²) in [6, 6.07) is 1.97. The number of aromatic nitrogens is 2. The molecule has 1 aliphatic heterocycles. The lowest BCUT2D eigenvalue weighted by Crippen LogP contribution is -2.34. The van der Waals surface area contributed by atoms with Crippen LogP contribution in [0.3, 0.4) is 0 Å². The van der Waals surface area contributed by atoms with Crippen LogP contribution in [0.4, 0.5) is 5.82 Å². The highest BCUT2D eigenvalue weighted by Crippen LogP contribution is 2.28. The Balaban J connectivity index is 2.38. The minimum absolute atomic E-state index is 0.0306. The number of nitrogens with zero attached hydrogens (tertiary/aromatic N) is 3. The second-order valence-electron chi connectivity index (χ2n) is 6.81. The van der Waals surface area contributed by atoms with E-state index in [-0.39, 0.29) is 24.2 Å². The third kappa shape index (κ3) is 3.74. The molecule has 0 aliphatic carbocycles. The molecule has 124 valence electrons. The molecule has 1 aromatic rings. The first-order chi connectivity index (χ1) is 10.4. The molecule has 2 atom stereocenters. The van der Waals surface area contributed by atoms with Gasteiger partial charge in [-0.05, 0) is 6.42 Å². The first-order valence-corrected chi connectivity index (χ1v) is 7.66. The van der Waals surface area contributed by atoms with E-state index in [1.54, 1.807) is 14.2 Å². The van der Waals surface area contributed by atoms with E-state index in [2.05, 4.69) is 30.7 Å². The van der Waals surface area contributed by atoms with Crippen molar-refractivity contribution in [3.63, 3.8) is 0 Å². The van der Waals surface area contributed by atoms with Gasteiger partial charge in [-0.1, -0.05) is 20.8 Å². The van der Waals surface area contributed by atoms with E-state index in [9.17, 15) is 5.11 Å². The Bertz CT molecular complexity index is 502. The lowest BCUT2D eigenvalue weighted by Gasteiger charge is -2.26. The van der Waals surface area contributed by atoms with Crippen molar-refractivity contribution < 1.29 is 14.6 Å². The molecule has 1 fully saturated rings. The lowest BCUT2D eigenvalue weighted by atomic mass is 9.95. The van der Waals surface area contributed by atoms with E-state index >= 15 is 0 Å². The number of aliphatic hydroxyl groups excluding tert-OH is 1. The average molecular weight is 309 g/mol. The maximum atomic E-state index is 9.65. The third-order valence-electron chi connectivity index (χ3n) is 3.94. The summed E-state index contributed by atoms with van der Waals surface area (Å²) in [5.41, 5.74) is 0.711. The number of methoxy groups -OCH3 is 2. The highest BCUT2D eigenvalue weighted by molar-refractivity contribution is 5.43. The smallest absolute Gasteiger partial charge is 0.136 e. The largest absolute Gasteiger partial charge is 0.394 e. The quantitative estimate of drug-likeness (QED) is 0.889. The number of aliphatic hydroxyl groups is 1. The molecule has 1 aliphatic rings. The first-order valence-electron chi connectivity index (χ1n) is 7.66. The monoisotopic (exact) mass is 309 g/mol. The fourth-order valence-corrected chi connectivity index (χ4v) is 2.69. The zero-order valence-corrected chi connectivity index (χ0v) is 14.2. The number of ether oxygens (including phenoxy) is 2. The number of anilines is 1. The Hall–Kier alpha value is -1.24. The van der Waals surface area contributed by atoms with Crippen LogP contribution < -0.4 is 4.90 Å². The van der Waals surface area contributed by atoms with Crippen molar-refractivity contribution in [2.24, 2.45) is 0 Å². The molecule has 0 spiro atoms. The van der Waals surface area contributed by atoms with E-state index < -0.39 is 0 Å². The van der Waals surface area contributed by atoms with Gasteiger partial charge in [0.2, 0.25) is 0 Å². The summed E-state index contributed by atoms with van der Waals surface area (Å²) in [6.45, 7) is 7.55. The third-order valence-corrected chi connectivity index (χ3v) is 3.94. The number of rotatable bonds is 5. The van der Waals surface area contributed by atoms with E-state index in [1.807, 2.05) is 6.07 Å². The molecule has 1 saturated heterocycles. The van der Waals surface area contributed by atoms with Crippen LogP contribution in [0.25, 0.3) is 0 Å². The van der Waals surface area contributed by atoms with Gasteiger partial charge in [0.05, 0.1) is 31.1 Å². The number of hydrogen-bond donors (Lipinski definition) is 1. The molecule has 6 nitrogen and oxygen atoms in total. The highest BCUT2D eigenvalue weighted by atomic mass is 16.5. The van der Waals surface area contributed by atoms with Crippen LogP contribution in [0, 0.1) is 0 Å². The van der Waals surface area contributed by atoms with Gasteiger partial charge < -0.3 is 19.5 Å². The van der Waals surface area contributed by atoms with Crippen LogP contribution in [0.5, 0.6) is 0 Å². The van der Waals surface area contributed by atoms with Crippen LogP contribution in [0.2, 0.25) is 0 Å². The molecule has 0 saturated carbocycles. The SMILES string of the molecule is COCc1cc(N2C[C@H](OC)C[C@H]2CO)nc(C(C)(C)C)n1. The van der Waals surface area contributed by atoms with Crippen molar-refractivity contribution in [1.82, 2.24) is 9.97 Å². The second kappa shape index (κ2) is 6.89. The average Bonchev–Trinajstić information content (AvgIpc) is 2.90. The molecule has 0 amide bonds. The van der Waals surface area contributed by atoms with Gasteiger partial charge in [0.1, 0.15) is 11.6 Å². The summed E-state index contributed by atoms with van der Waals surface area (Å²) in [6.07, 6.45) is 0.928. The molecule has 0 aromatic carbocycles. The van der Waals surface area contributed by atoms with Crippen molar-refractivity contribution >= 4 is 5.82 Å². The molecule has 6 heteroatoms. The van der Waals surface area contributed by atoms with E-state index in [4.69, 9.17) is 14.5 Å². The number of hydrogen-bond acceptors (Lipinski definition) is 6. The van der Waals surface area contributed by atoms with Crippen molar-refractivity contribution in [2.45, 2.75) is 51.4 Å². The molecule has 0 radical (unpaired) electrons. The molecule has 2 heterocycles. The van der Waals surface area contributed by atoms with E-state index in [0.29, 0.717) is 6.61 Å². The van der Waals surface area contributed by atoms with Crippen LogP contribution in [0.1, 0.15) is 38.7 Å². The minimum atomic E-state index is -0.145. The Morgan fingerprint density at radius 1 is 1.32 bits per heavy atom. The predicted molar refractivity (Wildman–Crippen MR) is 85.1 cm³/mol. The van der Waals surface area contributed by atoms with Gasteiger partial charge in [-0.25, -0.2) is 9.97 Å². The van der Waals surface area contributed by atoms with E-state index in [1.165, 1.54) is 0 Å². The summed E-state index contributed by atoms with van der Waals surface area (Å²) >= 11 is 0. The molecule has 0 unspecified atom stereocenters. The molecular formula is C16H27N3O3. The van der Waals surface area contributed by atoms with Gasteiger partial charge in [0.25, 0.3) is 0 Å². The van der Waals surface area contributed by atoms with Gasteiger partial charge in [-0.15, -0.1) is 0 Å². The normalized spacial score (nSPS) is 22.4. The maximum Gasteiger partial charge on any atom is 0.136 e. The summed E-state index contributed by atoms with van der Waals surface area (Å²) in [4.78, 5) is 11.4. The topological polar surface area (TPSA) is 67.7 Å². The Kier molecular flexibility index (Phi) is 5.36. The summed E-state index contributed by atoms with van der Waals surface area (Å²) in [7, 11) is 3.37. The van der Waals surface area contributed by atoms with Crippen molar-refractivity contribution in [3.8, 4) is 0 Å². The van der Waals surface area contributed by atoms with E-state index in [0.717, 1.165) is 30.3 Å². The van der Waals surface area contributed by atoms with Crippen LogP contribution in [0.15, 0.2) is 6.07 Å². The molecule has 1 N–H and O–H groups in total. The first kappa shape index (κ1) is 17.1. The standard InChI is InChI=1S/C16H27N3O3/c1-16(2,3)15-17-11(10-21-4)6-14(18-15)19-8-13(22-5)7-12(19)9-20/h6,12-13,20H,7-10H2,1-5H3/t12-,13+/m0/s1. The molecular weight excluding hydrogens is 282 g/mol. The van der Waals surface area contributed by atoms with Gasteiger partial charge in [-0.2, -0.15) is 0 Å². The fraction of sp³-hybridized carbons (Fsp3) is 0.750. The van der Waals surface area contributed by atoms with Crippen molar-refractivity contribution in [3.05, 3.63) is 17.6 Å². The molecule has 22 heavy (non-hydrogen) atoms. The Labute approximate surface area is 132 Å². The van der Waals surface area contributed by atoms with Gasteiger partial charge in [0.15, 0.2) is 0 Å². The molecule has 0 bridgehead atoms. The molecule has 2 rings (SSSR count). The van der Waals surface area contributed by atoms with Crippen molar-refractivity contribution in [2.75, 3.05) is 32.3 Å². The fourth-order valence-electron chi connectivity index (χ4n) is 2.69. The van der Waals surface area contributed by atoms with Crippen LogP contribution in [-0.4, -0.2) is 54.6 Å². The van der Waals surface area contributed by atoms with Crippen molar-refractivity contribution in [1.29, 1.82) is 0 Å². The summed E-state index contributed by atoms with van der Waals surface area (Å²) in [5.74, 6) is 1.63. The van der Waals surface area contributed by atoms with Crippen LogP contribution in [-0.2, 0) is 21.5 Å².